The highest BCUT2D eigenvalue weighted by molar-refractivity contribution is 5.85. The highest BCUT2D eigenvalue weighted by atomic mass is 16.1. The van der Waals surface area contributed by atoms with E-state index in [9.17, 15) is 4.79 Å². The number of aryl methyl sites for hydroxylation is 4. The molecule has 0 aliphatic carbocycles. The molecule has 0 saturated heterocycles. The summed E-state index contributed by atoms with van der Waals surface area (Å²) in [6.45, 7) is 8.87. The van der Waals surface area contributed by atoms with Crippen molar-refractivity contribution in [2.75, 3.05) is 6.54 Å². The number of pyridine rings is 1. The number of nitrogens with one attached hydrogen (secondary N) is 2. The lowest BCUT2D eigenvalue weighted by Gasteiger charge is -2.12. The highest BCUT2D eigenvalue weighted by Gasteiger charge is 2.18. The summed E-state index contributed by atoms with van der Waals surface area (Å²) >= 11 is 0. The predicted molar refractivity (Wildman–Crippen MR) is 141 cm³/mol. The van der Waals surface area contributed by atoms with Crippen molar-refractivity contribution in [1.82, 2.24) is 25.1 Å². The Morgan fingerprint density at radius 3 is 2.54 bits per heavy atom. The molecule has 2 N–H and O–H groups in total. The van der Waals surface area contributed by atoms with E-state index in [0.29, 0.717) is 19.4 Å². The van der Waals surface area contributed by atoms with Crippen molar-refractivity contribution >= 4 is 27.8 Å². The first-order valence-corrected chi connectivity index (χ1v) is 12.2. The van der Waals surface area contributed by atoms with E-state index in [1.54, 1.807) is 0 Å². The second-order valence-electron chi connectivity index (χ2n) is 9.29. The molecule has 6 nitrogen and oxygen atoms in total. The molecule has 0 bridgehead atoms. The molecule has 0 fully saturated rings. The third-order valence-electron chi connectivity index (χ3n) is 6.85. The van der Waals surface area contributed by atoms with Gasteiger partial charge in [0.15, 0.2) is 5.65 Å². The molecule has 178 valence electrons. The summed E-state index contributed by atoms with van der Waals surface area (Å²) in [6.07, 6.45) is 3.94. The number of benzene rings is 2. The lowest BCUT2D eigenvalue weighted by molar-refractivity contribution is -0.121. The van der Waals surface area contributed by atoms with E-state index in [1.807, 2.05) is 36.9 Å². The first-order chi connectivity index (χ1) is 16.9. The number of aromatic nitrogens is 4. The first-order valence-electron chi connectivity index (χ1n) is 12.2. The molecule has 0 aliphatic heterocycles. The number of aromatic amines is 1. The molecule has 3 aromatic heterocycles. The van der Waals surface area contributed by atoms with Crippen molar-refractivity contribution in [3.8, 4) is 5.69 Å². The molecule has 2 aromatic carbocycles. The van der Waals surface area contributed by atoms with Crippen LogP contribution in [0, 0.1) is 27.7 Å². The number of carbonyl (C=O) groups is 1. The summed E-state index contributed by atoms with van der Waals surface area (Å²) in [4.78, 5) is 20.8. The summed E-state index contributed by atoms with van der Waals surface area (Å²) in [7, 11) is 0. The van der Waals surface area contributed by atoms with Gasteiger partial charge in [-0.3, -0.25) is 4.79 Å². The monoisotopic (exact) mass is 465 g/mol. The van der Waals surface area contributed by atoms with Crippen LogP contribution in [0.4, 0.5) is 0 Å². The first kappa shape index (κ1) is 22.8. The summed E-state index contributed by atoms with van der Waals surface area (Å²) in [5, 5.41) is 10.2. The van der Waals surface area contributed by atoms with Crippen molar-refractivity contribution in [1.29, 1.82) is 0 Å². The maximum Gasteiger partial charge on any atom is 0.220 e. The van der Waals surface area contributed by atoms with E-state index < -0.39 is 0 Å². The Balaban J connectivity index is 1.28. The van der Waals surface area contributed by atoms with Crippen LogP contribution >= 0.6 is 0 Å². The van der Waals surface area contributed by atoms with Gasteiger partial charge in [-0.05, 0) is 75.4 Å². The fraction of sp³-hybridized carbons (Fsp3) is 0.276. The Morgan fingerprint density at radius 2 is 1.74 bits per heavy atom. The summed E-state index contributed by atoms with van der Waals surface area (Å²) in [5.41, 5.74) is 9.64. The second kappa shape index (κ2) is 9.37. The zero-order valence-corrected chi connectivity index (χ0v) is 20.8. The van der Waals surface area contributed by atoms with Crippen molar-refractivity contribution in [3.05, 3.63) is 88.4 Å². The zero-order valence-electron chi connectivity index (χ0n) is 20.8. The topological polar surface area (TPSA) is 75.6 Å². The number of carbonyl (C=O) groups excluding carboxylic acids is 1. The normalized spacial score (nSPS) is 11.4. The minimum atomic E-state index is 0.0656. The standard InChI is InChI=1S/C29H31N5O/c1-18-9-11-23(12-10-18)34-29-28(21(4)33-34)19(2)24(20(3)32-29)13-14-27(35)30-16-15-22-17-31-26-8-6-5-7-25(22)26/h5-12,17,31H,13-16H2,1-4H3,(H,30,35). The van der Waals surface area contributed by atoms with Crippen LogP contribution in [0.2, 0.25) is 0 Å². The van der Waals surface area contributed by atoms with Crippen LogP contribution in [0.15, 0.2) is 54.7 Å². The van der Waals surface area contributed by atoms with Gasteiger partial charge in [0.25, 0.3) is 0 Å². The maximum absolute atomic E-state index is 12.6. The largest absolute Gasteiger partial charge is 0.361 e. The predicted octanol–water partition coefficient (Wildman–Crippen LogP) is 5.43. The molecule has 3 heterocycles. The van der Waals surface area contributed by atoms with E-state index >= 15 is 0 Å². The van der Waals surface area contributed by atoms with Gasteiger partial charge in [0.2, 0.25) is 5.91 Å². The van der Waals surface area contributed by atoms with E-state index in [1.165, 1.54) is 16.5 Å². The molecule has 0 atom stereocenters. The van der Waals surface area contributed by atoms with E-state index in [4.69, 9.17) is 10.1 Å². The minimum Gasteiger partial charge on any atom is -0.361 e. The molecular weight excluding hydrogens is 434 g/mol. The molecule has 1 amide bonds. The van der Waals surface area contributed by atoms with E-state index in [0.717, 1.165) is 51.2 Å². The average molecular weight is 466 g/mol. The Hall–Kier alpha value is -3.93. The molecule has 0 spiro atoms. The number of H-pyrrole nitrogens is 1. The zero-order chi connectivity index (χ0) is 24.5. The van der Waals surface area contributed by atoms with Crippen molar-refractivity contribution < 1.29 is 4.79 Å². The van der Waals surface area contributed by atoms with Gasteiger partial charge in [-0.2, -0.15) is 5.10 Å². The number of nitrogens with zero attached hydrogens (tertiary/aromatic N) is 3. The van der Waals surface area contributed by atoms with Crippen molar-refractivity contribution in [2.24, 2.45) is 0 Å². The fourth-order valence-electron chi connectivity index (χ4n) is 4.94. The lowest BCUT2D eigenvalue weighted by Crippen LogP contribution is -2.26. The fourth-order valence-corrected chi connectivity index (χ4v) is 4.94. The molecule has 0 unspecified atom stereocenters. The van der Waals surface area contributed by atoms with Crippen LogP contribution in [0.5, 0.6) is 0 Å². The summed E-state index contributed by atoms with van der Waals surface area (Å²) in [5.74, 6) is 0.0656. The van der Waals surface area contributed by atoms with Crippen LogP contribution in [-0.4, -0.2) is 32.2 Å². The van der Waals surface area contributed by atoms with Gasteiger partial charge in [-0.15, -0.1) is 0 Å². The van der Waals surface area contributed by atoms with Gasteiger partial charge >= 0.3 is 0 Å². The molecule has 0 aliphatic rings. The Kier molecular flexibility index (Phi) is 6.12. The van der Waals surface area contributed by atoms with Gasteiger partial charge in [-0.25, -0.2) is 9.67 Å². The quantitative estimate of drug-likeness (QED) is 0.337. The van der Waals surface area contributed by atoms with Crippen LogP contribution in [-0.2, 0) is 17.6 Å². The van der Waals surface area contributed by atoms with Crippen LogP contribution < -0.4 is 5.32 Å². The third-order valence-corrected chi connectivity index (χ3v) is 6.85. The molecule has 0 radical (unpaired) electrons. The Labute approximate surface area is 205 Å². The van der Waals surface area contributed by atoms with Gasteiger partial charge in [0, 0.05) is 41.1 Å². The summed E-state index contributed by atoms with van der Waals surface area (Å²) < 4.78 is 1.92. The van der Waals surface area contributed by atoms with E-state index in [-0.39, 0.29) is 5.91 Å². The van der Waals surface area contributed by atoms with E-state index in [2.05, 4.69) is 60.5 Å². The van der Waals surface area contributed by atoms with Gasteiger partial charge in [0.05, 0.1) is 11.4 Å². The molecule has 35 heavy (non-hydrogen) atoms. The number of hydrogen-bond acceptors (Lipinski definition) is 3. The smallest absolute Gasteiger partial charge is 0.220 e. The van der Waals surface area contributed by atoms with Crippen LogP contribution in [0.25, 0.3) is 27.6 Å². The number of para-hydroxylation sites is 1. The Morgan fingerprint density at radius 1 is 0.971 bits per heavy atom. The molecular formula is C29H31N5O. The second-order valence-corrected chi connectivity index (χ2v) is 9.29. The Bertz CT molecular complexity index is 1520. The number of hydrogen-bond donors (Lipinski definition) is 2. The van der Waals surface area contributed by atoms with Crippen LogP contribution in [0.1, 0.15) is 40.1 Å². The maximum atomic E-state index is 12.6. The van der Waals surface area contributed by atoms with Gasteiger partial charge in [0.1, 0.15) is 0 Å². The van der Waals surface area contributed by atoms with Crippen molar-refractivity contribution in [2.45, 2.75) is 47.0 Å². The molecule has 0 saturated carbocycles. The van der Waals surface area contributed by atoms with Crippen LogP contribution in [0.3, 0.4) is 0 Å². The molecule has 5 rings (SSSR count). The van der Waals surface area contributed by atoms with Crippen molar-refractivity contribution in [3.63, 3.8) is 0 Å². The SMILES string of the molecule is Cc1ccc(-n2nc(C)c3c(C)c(CCC(=O)NCCc4c[nH]c5ccccc45)c(C)nc32)cc1. The van der Waals surface area contributed by atoms with Gasteiger partial charge in [-0.1, -0.05) is 35.9 Å². The number of fused-ring (bicyclic) bond motifs is 2. The molecule has 5 aromatic rings. The third kappa shape index (κ3) is 4.44. The minimum absolute atomic E-state index is 0.0656. The molecule has 6 heteroatoms. The number of rotatable bonds is 7. The highest BCUT2D eigenvalue weighted by Crippen LogP contribution is 2.28. The van der Waals surface area contributed by atoms with Gasteiger partial charge < -0.3 is 10.3 Å². The lowest BCUT2D eigenvalue weighted by atomic mass is 9.99. The average Bonchev–Trinajstić information content (AvgIpc) is 3.40. The summed E-state index contributed by atoms with van der Waals surface area (Å²) in [6, 6.07) is 16.6. The number of amides is 1.